The first-order valence-corrected chi connectivity index (χ1v) is 7.58. The van der Waals surface area contributed by atoms with Gasteiger partial charge in [-0.3, -0.25) is 4.79 Å². The van der Waals surface area contributed by atoms with Crippen molar-refractivity contribution in [1.82, 2.24) is 0 Å². The largest absolute Gasteiger partial charge is 0.471 e. The molecule has 0 aliphatic rings. The third-order valence-corrected chi connectivity index (χ3v) is 3.86. The van der Waals surface area contributed by atoms with E-state index in [2.05, 4.69) is 15.9 Å². The van der Waals surface area contributed by atoms with Crippen molar-refractivity contribution in [2.45, 2.75) is 5.01 Å². The summed E-state index contributed by atoms with van der Waals surface area (Å²) in [6, 6.07) is 11.4. The zero-order valence-electron chi connectivity index (χ0n) is 9.95. The van der Waals surface area contributed by atoms with Crippen LogP contribution in [0.5, 0.6) is 5.75 Å². The van der Waals surface area contributed by atoms with Crippen LogP contribution >= 0.6 is 50.7 Å². The average Bonchev–Trinajstić information content (AvgIpc) is 2.40. The number of carbonyl (C=O) groups excluding carboxylic acids is 1. The van der Waals surface area contributed by atoms with E-state index >= 15 is 0 Å². The predicted octanol–water partition coefficient (Wildman–Crippen LogP) is 5.63. The van der Waals surface area contributed by atoms with E-state index in [1.54, 1.807) is 36.4 Å². The number of ketones is 1. The summed E-state index contributed by atoms with van der Waals surface area (Å²) in [4.78, 5) is 12.2. The molecule has 20 heavy (non-hydrogen) atoms. The Labute approximate surface area is 139 Å². The molecule has 2 rings (SSSR count). The highest BCUT2D eigenvalue weighted by molar-refractivity contribution is 9.09. The van der Waals surface area contributed by atoms with Crippen LogP contribution < -0.4 is 4.74 Å². The van der Waals surface area contributed by atoms with Gasteiger partial charge in [0.25, 0.3) is 0 Å². The SMILES string of the molecule is O=C(c1ccc(Cl)cc1Cl)C(Br)Oc1ccc(Cl)cc1. The molecule has 2 aromatic rings. The molecule has 1 atom stereocenters. The van der Waals surface area contributed by atoms with Crippen LogP contribution in [-0.4, -0.2) is 10.8 Å². The number of hydrogen-bond donors (Lipinski definition) is 0. The van der Waals surface area contributed by atoms with Crippen molar-refractivity contribution in [2.24, 2.45) is 0 Å². The van der Waals surface area contributed by atoms with E-state index in [9.17, 15) is 4.79 Å². The highest BCUT2D eigenvalue weighted by atomic mass is 79.9. The van der Waals surface area contributed by atoms with Crippen LogP contribution in [0.25, 0.3) is 0 Å². The predicted molar refractivity (Wildman–Crippen MR) is 85.6 cm³/mol. The molecule has 0 fully saturated rings. The standard InChI is InChI=1S/C14H8BrCl3O2/c15-14(20-10-4-1-8(16)2-5-10)13(19)11-6-3-9(17)7-12(11)18/h1-7,14H. The molecule has 0 saturated carbocycles. The fraction of sp³-hybridized carbons (Fsp3) is 0.0714. The van der Waals surface area contributed by atoms with Gasteiger partial charge in [-0.2, -0.15) is 0 Å². The third-order valence-electron chi connectivity index (χ3n) is 2.46. The lowest BCUT2D eigenvalue weighted by molar-refractivity contribution is 0.0897. The molecule has 6 heteroatoms. The quantitative estimate of drug-likeness (QED) is 0.496. The summed E-state index contributed by atoms with van der Waals surface area (Å²) >= 11 is 20.8. The van der Waals surface area contributed by atoms with Gasteiger partial charge in [0.15, 0.2) is 0 Å². The van der Waals surface area contributed by atoms with E-state index in [0.29, 0.717) is 21.4 Å². The molecule has 2 aromatic carbocycles. The minimum atomic E-state index is -0.845. The van der Waals surface area contributed by atoms with Crippen molar-refractivity contribution in [3.05, 3.63) is 63.1 Å². The molecule has 0 amide bonds. The molecule has 0 aromatic heterocycles. The Morgan fingerprint density at radius 2 is 1.60 bits per heavy atom. The summed E-state index contributed by atoms with van der Waals surface area (Å²) in [6.07, 6.45) is 0. The maximum Gasteiger partial charge on any atom is 0.215 e. The minimum absolute atomic E-state index is 0.284. The van der Waals surface area contributed by atoms with E-state index in [0.717, 1.165) is 0 Å². The van der Waals surface area contributed by atoms with Gasteiger partial charge in [0.1, 0.15) is 5.75 Å². The van der Waals surface area contributed by atoms with Crippen LogP contribution in [0.2, 0.25) is 15.1 Å². The monoisotopic (exact) mass is 392 g/mol. The Morgan fingerprint density at radius 1 is 1.00 bits per heavy atom. The number of hydrogen-bond acceptors (Lipinski definition) is 2. The molecule has 104 valence electrons. The van der Waals surface area contributed by atoms with Gasteiger partial charge in [0, 0.05) is 15.6 Å². The molecule has 0 aliphatic carbocycles. The highest BCUT2D eigenvalue weighted by Crippen LogP contribution is 2.25. The second-order valence-corrected chi connectivity index (χ2v) is 5.99. The number of carbonyl (C=O) groups is 1. The van der Waals surface area contributed by atoms with E-state index in [-0.39, 0.29) is 10.8 Å². The Bertz CT molecular complexity index is 629. The first kappa shape index (κ1) is 15.6. The molecule has 0 heterocycles. The van der Waals surface area contributed by atoms with Gasteiger partial charge in [0.2, 0.25) is 10.8 Å². The smallest absolute Gasteiger partial charge is 0.215 e. The van der Waals surface area contributed by atoms with Crippen LogP contribution in [-0.2, 0) is 0 Å². The van der Waals surface area contributed by atoms with Gasteiger partial charge in [-0.05, 0) is 58.4 Å². The molecule has 0 radical (unpaired) electrons. The van der Waals surface area contributed by atoms with Crippen LogP contribution in [0.4, 0.5) is 0 Å². The first-order valence-electron chi connectivity index (χ1n) is 5.53. The summed E-state index contributed by atoms with van der Waals surface area (Å²) in [6.45, 7) is 0. The van der Waals surface area contributed by atoms with Crippen molar-refractivity contribution < 1.29 is 9.53 Å². The number of ether oxygens (including phenoxy) is 1. The molecular weight excluding hydrogens is 386 g/mol. The lowest BCUT2D eigenvalue weighted by Gasteiger charge is -2.13. The molecule has 0 bridgehead atoms. The molecule has 0 aliphatic heterocycles. The van der Waals surface area contributed by atoms with Crippen molar-refractivity contribution in [3.8, 4) is 5.75 Å². The van der Waals surface area contributed by atoms with E-state index in [4.69, 9.17) is 39.5 Å². The van der Waals surface area contributed by atoms with Gasteiger partial charge in [-0.1, -0.05) is 34.8 Å². The van der Waals surface area contributed by atoms with E-state index in [1.165, 1.54) is 6.07 Å². The number of halogens is 4. The summed E-state index contributed by atoms with van der Waals surface area (Å²) < 4.78 is 5.49. The Balaban J connectivity index is 2.14. The fourth-order valence-corrected chi connectivity index (χ4v) is 2.59. The molecule has 2 nitrogen and oxygen atoms in total. The molecule has 0 spiro atoms. The topological polar surface area (TPSA) is 26.3 Å². The van der Waals surface area contributed by atoms with Gasteiger partial charge in [0.05, 0.1) is 5.02 Å². The van der Waals surface area contributed by atoms with Crippen LogP contribution in [0.3, 0.4) is 0 Å². The maximum atomic E-state index is 12.2. The lowest BCUT2D eigenvalue weighted by Crippen LogP contribution is -2.21. The summed E-state index contributed by atoms with van der Waals surface area (Å²) in [5.74, 6) is 0.233. The number of benzene rings is 2. The molecular formula is C14H8BrCl3O2. The second-order valence-electron chi connectivity index (χ2n) is 3.88. The average molecular weight is 394 g/mol. The van der Waals surface area contributed by atoms with Crippen LogP contribution in [0, 0.1) is 0 Å². The Morgan fingerprint density at radius 3 is 2.20 bits per heavy atom. The van der Waals surface area contributed by atoms with Crippen molar-refractivity contribution in [3.63, 3.8) is 0 Å². The fourth-order valence-electron chi connectivity index (χ4n) is 1.50. The lowest BCUT2D eigenvalue weighted by atomic mass is 10.1. The van der Waals surface area contributed by atoms with Crippen molar-refractivity contribution in [1.29, 1.82) is 0 Å². The van der Waals surface area contributed by atoms with Gasteiger partial charge in [-0.25, -0.2) is 0 Å². The van der Waals surface area contributed by atoms with E-state index in [1.807, 2.05) is 0 Å². The maximum absolute atomic E-state index is 12.2. The number of Topliss-reactive ketones (excluding diaryl/α,β-unsaturated/α-hetero) is 1. The molecule has 0 N–H and O–H groups in total. The number of rotatable bonds is 4. The molecule has 0 saturated heterocycles. The zero-order valence-corrected chi connectivity index (χ0v) is 13.8. The number of alkyl halides is 1. The molecule has 1 unspecified atom stereocenters. The summed E-state index contributed by atoms with van der Waals surface area (Å²) in [5.41, 5.74) is 0.340. The van der Waals surface area contributed by atoms with Crippen molar-refractivity contribution in [2.75, 3.05) is 0 Å². The third kappa shape index (κ3) is 3.89. The second kappa shape index (κ2) is 6.81. The Hall–Kier alpha value is -0.740. The van der Waals surface area contributed by atoms with Crippen molar-refractivity contribution >= 4 is 56.5 Å². The highest BCUT2D eigenvalue weighted by Gasteiger charge is 2.21. The van der Waals surface area contributed by atoms with Gasteiger partial charge < -0.3 is 4.74 Å². The summed E-state index contributed by atoms with van der Waals surface area (Å²) in [5, 5.41) is 0.501. The van der Waals surface area contributed by atoms with Crippen LogP contribution in [0.15, 0.2) is 42.5 Å². The van der Waals surface area contributed by atoms with E-state index < -0.39 is 5.01 Å². The summed E-state index contributed by atoms with van der Waals surface area (Å²) in [7, 11) is 0. The van der Waals surface area contributed by atoms with Gasteiger partial charge in [-0.15, -0.1) is 0 Å². The minimum Gasteiger partial charge on any atom is -0.471 e. The normalized spacial score (nSPS) is 12.0. The zero-order chi connectivity index (χ0) is 14.7. The first-order chi connectivity index (χ1) is 9.47. The van der Waals surface area contributed by atoms with Gasteiger partial charge >= 0.3 is 0 Å². The Kier molecular flexibility index (Phi) is 5.33. The van der Waals surface area contributed by atoms with Crippen LogP contribution in [0.1, 0.15) is 10.4 Å².